The lowest BCUT2D eigenvalue weighted by Crippen LogP contribution is -2.23. The van der Waals surface area contributed by atoms with Crippen LogP contribution >= 0.6 is 0 Å². The molecule has 1 aliphatic heterocycles. The van der Waals surface area contributed by atoms with Gasteiger partial charge in [0.1, 0.15) is 5.75 Å². The van der Waals surface area contributed by atoms with Crippen molar-refractivity contribution in [2.24, 2.45) is 5.73 Å². The topological polar surface area (TPSA) is 114 Å². The zero-order chi connectivity index (χ0) is 19.2. The van der Waals surface area contributed by atoms with Crippen LogP contribution < -0.4 is 26.0 Å². The van der Waals surface area contributed by atoms with E-state index in [1.54, 1.807) is 53.4 Å². The van der Waals surface area contributed by atoms with E-state index in [0.717, 1.165) is 18.7 Å². The van der Waals surface area contributed by atoms with Crippen molar-refractivity contribution in [2.75, 3.05) is 28.7 Å². The normalized spacial score (nSPS) is 13.3. The molecule has 2 aromatic rings. The van der Waals surface area contributed by atoms with Crippen molar-refractivity contribution in [3.8, 4) is 5.75 Å². The van der Waals surface area contributed by atoms with Gasteiger partial charge in [-0.15, -0.1) is 0 Å². The highest BCUT2D eigenvalue weighted by atomic mass is 16.5. The van der Waals surface area contributed by atoms with E-state index in [1.807, 2.05) is 0 Å². The Bertz CT molecular complexity index is 834. The summed E-state index contributed by atoms with van der Waals surface area (Å²) in [6, 6.07) is 13.0. The molecule has 0 aliphatic carbocycles. The summed E-state index contributed by atoms with van der Waals surface area (Å²) in [4.78, 5) is 36.2. The maximum atomic E-state index is 12.0. The highest BCUT2D eigenvalue weighted by Crippen LogP contribution is 2.24. The first kappa shape index (κ1) is 18.2. The molecule has 0 aromatic heterocycles. The zero-order valence-electron chi connectivity index (χ0n) is 14.6. The molecule has 0 atom stereocenters. The summed E-state index contributed by atoms with van der Waals surface area (Å²) >= 11 is 0. The van der Waals surface area contributed by atoms with Crippen LogP contribution in [0.3, 0.4) is 0 Å². The molecule has 1 fully saturated rings. The molecule has 0 saturated carbocycles. The van der Waals surface area contributed by atoms with Gasteiger partial charge in [0.15, 0.2) is 6.61 Å². The second-order valence-electron chi connectivity index (χ2n) is 6.05. The molecule has 2 aromatic carbocycles. The maximum absolute atomic E-state index is 12.0. The first-order valence-electron chi connectivity index (χ1n) is 8.51. The van der Waals surface area contributed by atoms with E-state index in [0.29, 0.717) is 23.5 Å². The lowest BCUT2D eigenvalue weighted by Gasteiger charge is -2.16. The van der Waals surface area contributed by atoms with Crippen molar-refractivity contribution in [3.63, 3.8) is 0 Å². The summed E-state index contributed by atoms with van der Waals surface area (Å²) in [7, 11) is 0. The molecule has 8 heteroatoms. The third-order valence-corrected chi connectivity index (χ3v) is 4.03. The summed E-state index contributed by atoms with van der Waals surface area (Å²) in [5, 5.41) is 5.13. The Morgan fingerprint density at radius 2 is 1.63 bits per heavy atom. The molecular weight excluding hydrogens is 348 g/mol. The molecule has 4 amide bonds. The fourth-order valence-corrected chi connectivity index (χ4v) is 2.77. The summed E-state index contributed by atoms with van der Waals surface area (Å²) in [6.07, 6.45) is 1.45. The molecule has 0 unspecified atom stereocenters. The molecule has 140 valence electrons. The number of ether oxygens (including phenoxy) is 1. The number of nitrogens with two attached hydrogens (primary N) is 1. The molecule has 8 nitrogen and oxygen atoms in total. The Morgan fingerprint density at radius 3 is 2.19 bits per heavy atom. The first-order valence-corrected chi connectivity index (χ1v) is 8.51. The number of amides is 4. The van der Waals surface area contributed by atoms with Crippen LogP contribution in [0.15, 0.2) is 48.5 Å². The molecule has 1 saturated heterocycles. The Labute approximate surface area is 156 Å². The van der Waals surface area contributed by atoms with Gasteiger partial charge in [0.05, 0.1) is 0 Å². The van der Waals surface area contributed by atoms with Gasteiger partial charge in [-0.3, -0.25) is 9.59 Å². The largest absolute Gasteiger partial charge is 0.484 e. The molecule has 3 rings (SSSR count). The molecule has 4 N–H and O–H groups in total. The standard InChI is InChI=1S/C19H20N4O4/c20-19(26)22-14-5-3-13(4-6-14)21-17(24)12-27-16-9-7-15(8-10-16)23-11-1-2-18(23)25/h3-10H,1-2,11-12H2,(H,21,24)(H3,20,22,26). The fourth-order valence-electron chi connectivity index (χ4n) is 2.77. The lowest BCUT2D eigenvalue weighted by molar-refractivity contribution is -0.118. The van der Waals surface area contributed by atoms with Crippen molar-refractivity contribution in [1.29, 1.82) is 0 Å². The minimum Gasteiger partial charge on any atom is -0.484 e. The quantitative estimate of drug-likeness (QED) is 0.726. The van der Waals surface area contributed by atoms with E-state index in [1.165, 1.54) is 0 Å². The van der Waals surface area contributed by atoms with Crippen LogP contribution in [-0.4, -0.2) is 31.0 Å². The number of nitrogens with one attached hydrogen (secondary N) is 2. The van der Waals surface area contributed by atoms with E-state index < -0.39 is 6.03 Å². The Hall–Kier alpha value is -3.55. The molecule has 0 bridgehead atoms. The lowest BCUT2D eigenvalue weighted by atomic mass is 10.2. The van der Waals surface area contributed by atoms with Crippen LogP contribution in [0.1, 0.15) is 12.8 Å². The zero-order valence-corrected chi connectivity index (χ0v) is 14.6. The summed E-state index contributed by atoms with van der Waals surface area (Å²) < 4.78 is 5.47. The third-order valence-electron chi connectivity index (χ3n) is 4.03. The van der Waals surface area contributed by atoms with Gasteiger partial charge in [0, 0.05) is 30.0 Å². The summed E-state index contributed by atoms with van der Waals surface area (Å²) in [5.74, 6) is 0.353. The van der Waals surface area contributed by atoms with Crippen molar-refractivity contribution >= 4 is 34.9 Å². The number of urea groups is 1. The number of primary amides is 1. The average Bonchev–Trinajstić information content (AvgIpc) is 3.08. The Balaban J connectivity index is 1.48. The highest BCUT2D eigenvalue weighted by Gasteiger charge is 2.21. The SMILES string of the molecule is NC(=O)Nc1ccc(NC(=O)COc2ccc(N3CCCC3=O)cc2)cc1. The van der Waals surface area contributed by atoms with Crippen LogP contribution in [0.2, 0.25) is 0 Å². The van der Waals surface area contributed by atoms with Gasteiger partial charge < -0.3 is 26.0 Å². The van der Waals surface area contributed by atoms with E-state index in [2.05, 4.69) is 10.6 Å². The number of hydrogen-bond donors (Lipinski definition) is 3. The number of anilines is 3. The maximum Gasteiger partial charge on any atom is 0.316 e. The molecule has 0 spiro atoms. The van der Waals surface area contributed by atoms with Gasteiger partial charge in [-0.25, -0.2) is 4.79 Å². The minimum atomic E-state index is -0.652. The van der Waals surface area contributed by atoms with Crippen molar-refractivity contribution in [3.05, 3.63) is 48.5 Å². The molecule has 1 aliphatic rings. The Kier molecular flexibility index (Phi) is 5.55. The van der Waals surface area contributed by atoms with Crippen LogP contribution in [0.4, 0.5) is 21.9 Å². The minimum absolute atomic E-state index is 0.125. The van der Waals surface area contributed by atoms with Crippen molar-refractivity contribution < 1.29 is 19.1 Å². The second kappa shape index (κ2) is 8.22. The summed E-state index contributed by atoms with van der Waals surface area (Å²) in [6.45, 7) is 0.582. The second-order valence-corrected chi connectivity index (χ2v) is 6.05. The predicted octanol–water partition coefficient (Wildman–Crippen LogP) is 2.32. The van der Waals surface area contributed by atoms with Crippen LogP contribution in [0.25, 0.3) is 0 Å². The monoisotopic (exact) mass is 368 g/mol. The van der Waals surface area contributed by atoms with Gasteiger partial charge in [-0.1, -0.05) is 0 Å². The molecule has 1 heterocycles. The van der Waals surface area contributed by atoms with Gasteiger partial charge in [0.25, 0.3) is 5.91 Å². The van der Waals surface area contributed by atoms with Gasteiger partial charge in [-0.2, -0.15) is 0 Å². The molecule has 27 heavy (non-hydrogen) atoms. The number of hydrogen-bond acceptors (Lipinski definition) is 4. The van der Waals surface area contributed by atoms with E-state index >= 15 is 0 Å². The van der Waals surface area contributed by atoms with Crippen LogP contribution in [0, 0.1) is 0 Å². The highest BCUT2D eigenvalue weighted by molar-refractivity contribution is 5.95. The number of rotatable bonds is 6. The van der Waals surface area contributed by atoms with Gasteiger partial charge in [-0.05, 0) is 55.0 Å². The number of benzene rings is 2. The third kappa shape index (κ3) is 4.97. The van der Waals surface area contributed by atoms with E-state index in [4.69, 9.17) is 10.5 Å². The van der Waals surface area contributed by atoms with Crippen molar-refractivity contribution in [2.45, 2.75) is 12.8 Å². The molecular formula is C19H20N4O4. The summed E-state index contributed by atoms with van der Waals surface area (Å²) in [5.41, 5.74) is 6.97. The molecule has 0 radical (unpaired) electrons. The number of carbonyl (C=O) groups is 3. The van der Waals surface area contributed by atoms with Crippen LogP contribution in [-0.2, 0) is 9.59 Å². The predicted molar refractivity (Wildman–Crippen MR) is 102 cm³/mol. The van der Waals surface area contributed by atoms with E-state index in [9.17, 15) is 14.4 Å². The van der Waals surface area contributed by atoms with Crippen molar-refractivity contribution in [1.82, 2.24) is 0 Å². The number of carbonyl (C=O) groups excluding carboxylic acids is 3. The van der Waals surface area contributed by atoms with Gasteiger partial charge in [0.2, 0.25) is 5.91 Å². The smallest absolute Gasteiger partial charge is 0.316 e. The van der Waals surface area contributed by atoms with Crippen LogP contribution in [0.5, 0.6) is 5.75 Å². The first-order chi connectivity index (χ1) is 13.0. The number of nitrogens with zero attached hydrogens (tertiary/aromatic N) is 1. The fraction of sp³-hybridized carbons (Fsp3) is 0.211. The Morgan fingerprint density at radius 1 is 1.00 bits per heavy atom. The average molecular weight is 368 g/mol. The van der Waals surface area contributed by atoms with E-state index in [-0.39, 0.29) is 18.4 Å². The van der Waals surface area contributed by atoms with Gasteiger partial charge >= 0.3 is 6.03 Å².